The summed E-state index contributed by atoms with van der Waals surface area (Å²) in [6, 6.07) is 3.93. The molecule has 12 heteroatoms. The Morgan fingerprint density at radius 3 is 1.33 bits per heavy atom. The number of aryl methyl sites for hydroxylation is 1. The summed E-state index contributed by atoms with van der Waals surface area (Å²) in [6.07, 6.45) is 6.03. The molecule has 0 bridgehead atoms. The lowest BCUT2D eigenvalue weighted by molar-refractivity contribution is -0.150. The van der Waals surface area contributed by atoms with E-state index in [-0.39, 0.29) is 65.7 Å². The fourth-order valence-corrected chi connectivity index (χ4v) is 4.38. The van der Waals surface area contributed by atoms with Gasteiger partial charge in [-0.15, -0.1) is 0 Å². The Balaban J connectivity index is 3.26. The van der Waals surface area contributed by atoms with E-state index >= 15 is 0 Å². The lowest BCUT2D eigenvalue weighted by Gasteiger charge is -2.22. The minimum absolute atomic E-state index is 0.104. The number of carbonyl (C=O) groups excluding carboxylic acids is 4. The zero-order chi connectivity index (χ0) is 31.2. The normalized spacial score (nSPS) is 11.0. The van der Waals surface area contributed by atoms with Crippen LogP contribution >= 0.6 is 0 Å². The molecule has 0 radical (unpaired) electrons. The summed E-state index contributed by atoms with van der Waals surface area (Å²) in [5, 5.41) is 0. The number of unbranched alkanes of at least 4 members (excludes halogenated alkanes) is 4. The molecule has 0 aliphatic rings. The van der Waals surface area contributed by atoms with E-state index < -0.39 is 23.9 Å². The number of nitrogens with two attached hydrogens (primary N) is 1. The van der Waals surface area contributed by atoms with Crippen LogP contribution in [0.4, 0.5) is 0 Å². The predicted octanol–water partition coefficient (Wildman–Crippen LogP) is 2.39. The number of esters is 4. The van der Waals surface area contributed by atoms with Crippen LogP contribution < -0.4 is 5.73 Å². The first kappa shape index (κ1) is 36.9. The van der Waals surface area contributed by atoms with Crippen molar-refractivity contribution >= 4 is 23.9 Å². The fourth-order valence-electron chi connectivity index (χ4n) is 4.38. The lowest BCUT2D eigenvalue weighted by Crippen LogP contribution is -2.37. The molecule has 0 fully saturated rings. The largest absolute Gasteiger partial charge is 0.465 e. The maximum absolute atomic E-state index is 12.3. The number of hydrogen-bond donors (Lipinski definition) is 1. The molecule has 1 rings (SSSR count). The second-order valence-electron chi connectivity index (χ2n) is 9.77. The van der Waals surface area contributed by atoms with Gasteiger partial charge in [0.2, 0.25) is 0 Å². The summed E-state index contributed by atoms with van der Waals surface area (Å²) in [5.74, 6) is -1.81. The van der Waals surface area contributed by atoms with Gasteiger partial charge in [0.1, 0.15) is 0 Å². The molecule has 0 saturated carbocycles. The number of rotatable bonds is 23. The average Bonchev–Trinajstić information content (AvgIpc) is 2.91. The predicted molar refractivity (Wildman–Crippen MR) is 157 cm³/mol. The van der Waals surface area contributed by atoms with Gasteiger partial charge in [0.25, 0.3) is 0 Å². The van der Waals surface area contributed by atoms with Gasteiger partial charge in [0, 0.05) is 13.1 Å². The molecule has 42 heavy (non-hydrogen) atoms. The standard InChI is InChI=1S/C30H50N4O8/c1-5-39-27(35)20-33(21-28(36)40-6-2)18-25-16-24(14-12-10-9-11-13-15-31)17-26(32-25)19-34(22-29(37)41-7-3)23-30(38)42-8-4/h16-17H,5-15,18-23,31H2,1-4H3. The van der Waals surface area contributed by atoms with Crippen LogP contribution in [0.2, 0.25) is 0 Å². The molecule has 0 spiro atoms. The summed E-state index contributed by atoms with van der Waals surface area (Å²) in [7, 11) is 0. The number of nitrogens with zero attached hydrogens (tertiary/aromatic N) is 3. The molecule has 1 aromatic heterocycles. The first-order valence-electron chi connectivity index (χ1n) is 15.0. The molecule has 1 aromatic rings. The van der Waals surface area contributed by atoms with Gasteiger partial charge in [-0.25, -0.2) is 0 Å². The minimum atomic E-state index is -0.453. The Hall–Kier alpha value is -3.09. The maximum atomic E-state index is 12.3. The summed E-state index contributed by atoms with van der Waals surface area (Å²) in [6.45, 7) is 8.47. The molecule has 0 aliphatic heterocycles. The monoisotopic (exact) mass is 594 g/mol. The highest BCUT2D eigenvalue weighted by atomic mass is 16.5. The number of hydrogen-bond acceptors (Lipinski definition) is 12. The molecular formula is C30H50N4O8. The summed E-state index contributed by atoms with van der Waals surface area (Å²) in [5.41, 5.74) is 7.93. The van der Waals surface area contributed by atoms with E-state index in [0.717, 1.165) is 44.1 Å². The molecular weight excluding hydrogens is 544 g/mol. The average molecular weight is 595 g/mol. The van der Waals surface area contributed by atoms with E-state index in [2.05, 4.69) is 0 Å². The molecule has 1 heterocycles. The summed E-state index contributed by atoms with van der Waals surface area (Å²) < 4.78 is 20.4. The molecule has 238 valence electrons. The highest BCUT2D eigenvalue weighted by Gasteiger charge is 2.20. The van der Waals surface area contributed by atoms with Gasteiger partial charge in [-0.1, -0.05) is 19.3 Å². The molecule has 0 aromatic carbocycles. The van der Waals surface area contributed by atoms with Crippen molar-refractivity contribution in [3.8, 4) is 0 Å². The third-order valence-corrected chi connectivity index (χ3v) is 6.06. The van der Waals surface area contributed by atoms with E-state index in [1.165, 1.54) is 0 Å². The number of pyridine rings is 1. The van der Waals surface area contributed by atoms with Gasteiger partial charge in [-0.05, 0) is 71.2 Å². The Kier molecular flexibility index (Phi) is 19.8. The van der Waals surface area contributed by atoms with Crippen LogP contribution in [-0.4, -0.2) is 97.8 Å². The first-order chi connectivity index (χ1) is 20.2. The van der Waals surface area contributed by atoms with Crippen LogP contribution in [-0.2, 0) is 57.6 Å². The van der Waals surface area contributed by atoms with Crippen molar-refractivity contribution in [3.05, 3.63) is 29.1 Å². The van der Waals surface area contributed by atoms with Gasteiger partial charge in [0.15, 0.2) is 0 Å². The third kappa shape index (κ3) is 17.0. The van der Waals surface area contributed by atoms with Crippen molar-refractivity contribution in [2.45, 2.75) is 79.3 Å². The summed E-state index contributed by atoms with van der Waals surface area (Å²) >= 11 is 0. The van der Waals surface area contributed by atoms with Crippen LogP contribution in [0.1, 0.15) is 76.8 Å². The Labute approximate surface area is 250 Å². The number of ether oxygens (including phenoxy) is 4. The van der Waals surface area contributed by atoms with E-state index in [0.29, 0.717) is 17.9 Å². The van der Waals surface area contributed by atoms with Gasteiger partial charge >= 0.3 is 23.9 Å². The lowest BCUT2D eigenvalue weighted by atomic mass is 10.0. The number of carbonyl (C=O) groups is 4. The zero-order valence-electron chi connectivity index (χ0n) is 25.9. The topological polar surface area (TPSA) is 151 Å². The zero-order valence-corrected chi connectivity index (χ0v) is 25.9. The van der Waals surface area contributed by atoms with Crippen molar-refractivity contribution in [2.24, 2.45) is 5.73 Å². The van der Waals surface area contributed by atoms with Gasteiger partial charge in [0.05, 0.1) is 64.0 Å². The molecule has 0 unspecified atom stereocenters. The van der Waals surface area contributed by atoms with Crippen LogP contribution in [0.15, 0.2) is 12.1 Å². The van der Waals surface area contributed by atoms with Crippen LogP contribution in [0, 0.1) is 0 Å². The molecule has 2 N–H and O–H groups in total. The molecule has 0 aliphatic carbocycles. The minimum Gasteiger partial charge on any atom is -0.465 e. The molecule has 0 atom stereocenters. The second-order valence-corrected chi connectivity index (χ2v) is 9.77. The quantitative estimate of drug-likeness (QED) is 0.113. The van der Waals surface area contributed by atoms with Crippen LogP contribution in [0.5, 0.6) is 0 Å². The van der Waals surface area contributed by atoms with E-state index in [4.69, 9.17) is 29.7 Å². The van der Waals surface area contributed by atoms with Crippen molar-refractivity contribution in [2.75, 3.05) is 59.2 Å². The van der Waals surface area contributed by atoms with Crippen molar-refractivity contribution in [3.63, 3.8) is 0 Å². The molecule has 0 amide bonds. The molecule has 12 nitrogen and oxygen atoms in total. The van der Waals surface area contributed by atoms with Crippen LogP contribution in [0.25, 0.3) is 0 Å². The van der Waals surface area contributed by atoms with E-state index in [1.807, 2.05) is 12.1 Å². The van der Waals surface area contributed by atoms with Crippen molar-refractivity contribution < 1.29 is 38.1 Å². The van der Waals surface area contributed by atoms with Crippen LogP contribution in [0.3, 0.4) is 0 Å². The number of aromatic nitrogens is 1. The SMILES string of the molecule is CCOC(=O)CN(CC(=O)OCC)Cc1cc(CCCCCCCN)cc(CN(CC(=O)OCC)CC(=O)OCC)n1. The highest BCUT2D eigenvalue weighted by molar-refractivity contribution is 5.75. The maximum Gasteiger partial charge on any atom is 0.320 e. The molecule has 0 saturated heterocycles. The van der Waals surface area contributed by atoms with E-state index in [9.17, 15) is 19.2 Å². The van der Waals surface area contributed by atoms with Crippen molar-refractivity contribution in [1.29, 1.82) is 0 Å². The fraction of sp³-hybridized carbons (Fsp3) is 0.700. The first-order valence-corrected chi connectivity index (χ1v) is 15.0. The second kappa shape index (κ2) is 22.5. The Morgan fingerprint density at radius 1 is 0.619 bits per heavy atom. The smallest absolute Gasteiger partial charge is 0.320 e. The van der Waals surface area contributed by atoms with Gasteiger partial charge < -0.3 is 24.7 Å². The third-order valence-electron chi connectivity index (χ3n) is 6.06. The van der Waals surface area contributed by atoms with E-state index in [1.54, 1.807) is 37.5 Å². The summed E-state index contributed by atoms with van der Waals surface area (Å²) in [4.78, 5) is 57.2. The van der Waals surface area contributed by atoms with Gasteiger partial charge in [-0.2, -0.15) is 0 Å². The van der Waals surface area contributed by atoms with Crippen molar-refractivity contribution in [1.82, 2.24) is 14.8 Å². The van der Waals surface area contributed by atoms with Gasteiger partial charge in [-0.3, -0.25) is 34.0 Å². The highest BCUT2D eigenvalue weighted by Crippen LogP contribution is 2.15. The Bertz CT molecular complexity index is 855. The Morgan fingerprint density at radius 2 is 0.976 bits per heavy atom.